The molecule has 0 unspecified atom stereocenters. The van der Waals surface area contributed by atoms with Crippen molar-refractivity contribution in [3.63, 3.8) is 0 Å². The maximum absolute atomic E-state index is 12.5. The van der Waals surface area contributed by atoms with Crippen molar-refractivity contribution < 1.29 is 9.59 Å². The van der Waals surface area contributed by atoms with Gasteiger partial charge in [0.05, 0.1) is 11.9 Å². The van der Waals surface area contributed by atoms with E-state index in [1.54, 1.807) is 18.3 Å². The minimum atomic E-state index is -0.658. The Morgan fingerprint density at radius 2 is 2.06 bits per heavy atom. The van der Waals surface area contributed by atoms with Gasteiger partial charge in [-0.1, -0.05) is 18.2 Å². The van der Waals surface area contributed by atoms with Crippen LogP contribution >= 0.6 is 11.5 Å². The molecule has 3 heterocycles. The Balaban J connectivity index is 1.50. The van der Waals surface area contributed by atoms with E-state index in [9.17, 15) is 9.59 Å². The van der Waals surface area contributed by atoms with Crippen LogP contribution in [0.4, 0.5) is 16.6 Å². The van der Waals surface area contributed by atoms with Gasteiger partial charge in [-0.2, -0.15) is 4.37 Å². The molecule has 0 saturated carbocycles. The summed E-state index contributed by atoms with van der Waals surface area (Å²) in [5, 5.41) is 6.95. The van der Waals surface area contributed by atoms with Gasteiger partial charge in [0.2, 0.25) is 0 Å². The standard InChI is InChI=1S/C21H23N7O2S/c1-13-10-17(31-27-13)26-20-18(19(22)29)23-11-16(25-20)28-9-5-8-15(12-28)24-21(30)14-6-3-2-4-7-14/h2-4,6-7,10-11,15H,5,8-9,12H2,1H3,(H2,22,29)(H,24,30)(H,25,26)/t15-/m1/s1. The predicted molar refractivity (Wildman–Crippen MR) is 120 cm³/mol. The van der Waals surface area contributed by atoms with E-state index in [1.165, 1.54) is 11.5 Å². The Bertz CT molecular complexity index is 1090. The van der Waals surface area contributed by atoms with Gasteiger partial charge in [0.15, 0.2) is 11.5 Å². The number of hydrogen-bond acceptors (Lipinski definition) is 8. The van der Waals surface area contributed by atoms with Gasteiger partial charge in [0.25, 0.3) is 11.8 Å². The average Bonchev–Trinajstić information content (AvgIpc) is 3.19. The number of amides is 2. The van der Waals surface area contributed by atoms with Crippen molar-refractivity contribution >= 4 is 40.0 Å². The zero-order chi connectivity index (χ0) is 21.8. The zero-order valence-electron chi connectivity index (χ0n) is 17.0. The van der Waals surface area contributed by atoms with Crippen LogP contribution in [0.5, 0.6) is 0 Å². The monoisotopic (exact) mass is 437 g/mol. The van der Waals surface area contributed by atoms with Gasteiger partial charge >= 0.3 is 0 Å². The topological polar surface area (TPSA) is 126 Å². The zero-order valence-corrected chi connectivity index (χ0v) is 17.9. The van der Waals surface area contributed by atoms with Crippen molar-refractivity contribution in [3.05, 3.63) is 59.5 Å². The summed E-state index contributed by atoms with van der Waals surface area (Å²) in [6.07, 6.45) is 3.33. The second-order valence-corrected chi connectivity index (χ2v) is 8.18. The highest BCUT2D eigenvalue weighted by Crippen LogP contribution is 2.25. The molecule has 1 aromatic carbocycles. The van der Waals surface area contributed by atoms with E-state index in [0.29, 0.717) is 23.7 Å². The van der Waals surface area contributed by atoms with Crippen molar-refractivity contribution in [1.82, 2.24) is 19.7 Å². The molecule has 2 aromatic heterocycles. The van der Waals surface area contributed by atoms with E-state index in [-0.39, 0.29) is 17.6 Å². The Kier molecular flexibility index (Phi) is 6.08. The van der Waals surface area contributed by atoms with Crippen molar-refractivity contribution in [1.29, 1.82) is 0 Å². The number of rotatable bonds is 6. The summed E-state index contributed by atoms with van der Waals surface area (Å²) in [7, 11) is 0. The number of nitrogens with two attached hydrogens (primary N) is 1. The minimum Gasteiger partial charge on any atom is -0.364 e. The third kappa shape index (κ3) is 4.97. The van der Waals surface area contributed by atoms with E-state index < -0.39 is 5.91 Å². The lowest BCUT2D eigenvalue weighted by atomic mass is 10.0. The number of nitrogens with one attached hydrogen (secondary N) is 2. The van der Waals surface area contributed by atoms with Crippen molar-refractivity contribution in [3.8, 4) is 0 Å². The molecule has 1 saturated heterocycles. The number of primary amides is 1. The van der Waals surface area contributed by atoms with Crippen molar-refractivity contribution in [2.75, 3.05) is 23.3 Å². The smallest absolute Gasteiger partial charge is 0.271 e. The van der Waals surface area contributed by atoms with Crippen LogP contribution < -0.4 is 21.3 Å². The van der Waals surface area contributed by atoms with Crippen LogP contribution in [0.3, 0.4) is 0 Å². The number of hydrogen-bond donors (Lipinski definition) is 3. The highest BCUT2D eigenvalue weighted by molar-refractivity contribution is 7.10. The Morgan fingerprint density at radius 3 is 2.77 bits per heavy atom. The molecule has 0 spiro atoms. The summed E-state index contributed by atoms with van der Waals surface area (Å²) in [4.78, 5) is 35.2. The average molecular weight is 438 g/mol. The third-order valence-electron chi connectivity index (χ3n) is 4.98. The number of aromatic nitrogens is 3. The normalized spacial score (nSPS) is 16.0. The molecule has 1 aliphatic rings. The van der Waals surface area contributed by atoms with Crippen LogP contribution in [-0.2, 0) is 0 Å². The van der Waals surface area contributed by atoms with Gasteiger partial charge in [-0.15, -0.1) is 0 Å². The van der Waals surface area contributed by atoms with Gasteiger partial charge < -0.3 is 21.3 Å². The number of aryl methyl sites for hydroxylation is 1. The van der Waals surface area contributed by atoms with E-state index in [2.05, 4.69) is 29.9 Å². The Labute approximate surface area is 183 Å². The molecule has 0 aliphatic carbocycles. The third-order valence-corrected chi connectivity index (χ3v) is 5.78. The molecule has 10 heteroatoms. The second kappa shape index (κ2) is 9.09. The number of piperidine rings is 1. The molecule has 3 aromatic rings. The molecule has 1 fully saturated rings. The molecule has 4 N–H and O–H groups in total. The predicted octanol–water partition coefficient (Wildman–Crippen LogP) is 2.48. The van der Waals surface area contributed by atoms with E-state index in [1.807, 2.05) is 31.2 Å². The molecule has 31 heavy (non-hydrogen) atoms. The summed E-state index contributed by atoms with van der Waals surface area (Å²) in [6, 6.07) is 11.0. The van der Waals surface area contributed by atoms with Gasteiger partial charge in [-0.05, 0) is 49.5 Å². The lowest BCUT2D eigenvalue weighted by Gasteiger charge is -2.34. The largest absolute Gasteiger partial charge is 0.364 e. The van der Waals surface area contributed by atoms with Gasteiger partial charge in [-0.3, -0.25) is 9.59 Å². The number of carbonyl (C=O) groups excluding carboxylic acids is 2. The molecule has 4 rings (SSSR count). The fraction of sp³-hybridized carbons (Fsp3) is 0.286. The first kappa shape index (κ1) is 20.7. The summed E-state index contributed by atoms with van der Waals surface area (Å²) < 4.78 is 4.23. The van der Waals surface area contributed by atoms with Gasteiger partial charge in [0, 0.05) is 24.7 Å². The highest BCUT2D eigenvalue weighted by atomic mass is 32.1. The highest BCUT2D eigenvalue weighted by Gasteiger charge is 2.24. The SMILES string of the molecule is Cc1cc(Nc2nc(N3CCC[C@@H](NC(=O)c4ccccc4)C3)cnc2C(N)=O)sn1. The number of benzene rings is 1. The van der Waals surface area contributed by atoms with Crippen LogP contribution in [0, 0.1) is 6.92 Å². The summed E-state index contributed by atoms with van der Waals surface area (Å²) in [6.45, 7) is 3.26. The lowest BCUT2D eigenvalue weighted by molar-refractivity contribution is 0.0932. The molecule has 0 bridgehead atoms. The van der Waals surface area contributed by atoms with Gasteiger partial charge in [0.1, 0.15) is 10.8 Å². The van der Waals surface area contributed by atoms with Gasteiger partial charge in [-0.25, -0.2) is 9.97 Å². The molecular formula is C21H23N7O2S. The maximum atomic E-state index is 12.5. The van der Waals surface area contributed by atoms with Crippen LogP contribution in [0.25, 0.3) is 0 Å². The molecular weight excluding hydrogens is 414 g/mol. The van der Waals surface area contributed by atoms with Crippen LogP contribution in [0.15, 0.2) is 42.6 Å². The first-order valence-electron chi connectivity index (χ1n) is 9.97. The summed E-state index contributed by atoms with van der Waals surface area (Å²) in [5.41, 5.74) is 7.05. The lowest BCUT2D eigenvalue weighted by Crippen LogP contribution is -2.48. The number of nitrogens with zero attached hydrogens (tertiary/aromatic N) is 4. The first-order chi connectivity index (χ1) is 15.0. The second-order valence-electron chi connectivity index (χ2n) is 7.37. The molecule has 160 valence electrons. The molecule has 9 nitrogen and oxygen atoms in total. The molecule has 1 aliphatic heterocycles. The fourth-order valence-electron chi connectivity index (χ4n) is 3.50. The first-order valence-corrected chi connectivity index (χ1v) is 10.7. The van der Waals surface area contributed by atoms with Crippen molar-refractivity contribution in [2.45, 2.75) is 25.8 Å². The maximum Gasteiger partial charge on any atom is 0.271 e. The Morgan fingerprint density at radius 1 is 1.26 bits per heavy atom. The quantitative estimate of drug-likeness (QED) is 0.541. The molecule has 1 atom stereocenters. The van der Waals surface area contributed by atoms with E-state index >= 15 is 0 Å². The molecule has 2 amide bonds. The van der Waals surface area contributed by atoms with E-state index in [4.69, 9.17) is 5.73 Å². The minimum absolute atomic E-state index is 0.0142. The fourth-order valence-corrected chi connectivity index (χ4v) is 4.16. The summed E-state index contributed by atoms with van der Waals surface area (Å²) >= 11 is 1.27. The van der Waals surface area contributed by atoms with Crippen LogP contribution in [-0.4, -0.2) is 45.3 Å². The van der Waals surface area contributed by atoms with Crippen LogP contribution in [0.2, 0.25) is 0 Å². The van der Waals surface area contributed by atoms with E-state index in [0.717, 1.165) is 30.1 Å². The molecule has 0 radical (unpaired) electrons. The number of carbonyl (C=O) groups is 2. The van der Waals surface area contributed by atoms with Crippen molar-refractivity contribution in [2.24, 2.45) is 5.73 Å². The Hall–Kier alpha value is -3.53. The summed E-state index contributed by atoms with van der Waals surface area (Å²) in [5.74, 6) is 0.163. The number of anilines is 3. The van der Waals surface area contributed by atoms with Crippen LogP contribution in [0.1, 0.15) is 39.4 Å².